The molecule has 110 valence electrons. The van der Waals surface area contributed by atoms with Crippen molar-refractivity contribution in [3.63, 3.8) is 0 Å². The molecule has 0 amide bonds. The van der Waals surface area contributed by atoms with Crippen molar-refractivity contribution in [3.8, 4) is 0 Å². The van der Waals surface area contributed by atoms with Crippen LogP contribution in [0.1, 0.15) is 12.6 Å². The number of pyridine rings is 1. The highest BCUT2D eigenvalue weighted by molar-refractivity contribution is 8.05. The van der Waals surface area contributed by atoms with Crippen molar-refractivity contribution in [1.29, 1.82) is 0 Å². The number of benzene rings is 1. The number of thiophene rings is 1. The first kappa shape index (κ1) is 13.9. The van der Waals surface area contributed by atoms with E-state index in [0.717, 1.165) is 6.54 Å². The Morgan fingerprint density at radius 1 is 1.14 bits per heavy atom. The number of anilines is 1. The van der Waals surface area contributed by atoms with E-state index in [2.05, 4.69) is 77.4 Å². The molecule has 4 heteroatoms. The molecule has 1 aliphatic heterocycles. The molecule has 0 fully saturated rings. The van der Waals surface area contributed by atoms with Crippen LogP contribution in [0.25, 0.3) is 17.0 Å². The lowest BCUT2D eigenvalue weighted by molar-refractivity contribution is -0.669. The van der Waals surface area contributed by atoms with Gasteiger partial charge in [-0.3, -0.25) is 0 Å². The minimum atomic E-state index is 0.969. The fourth-order valence-electron chi connectivity index (χ4n) is 2.91. The summed E-state index contributed by atoms with van der Waals surface area (Å²) in [5, 5.41) is 4.74. The molecule has 0 saturated carbocycles. The van der Waals surface area contributed by atoms with E-state index >= 15 is 0 Å². The van der Waals surface area contributed by atoms with Gasteiger partial charge in [-0.15, -0.1) is 11.3 Å². The van der Waals surface area contributed by atoms with E-state index in [-0.39, 0.29) is 0 Å². The van der Waals surface area contributed by atoms with E-state index in [1.165, 1.54) is 31.5 Å². The lowest BCUT2D eigenvalue weighted by Gasteiger charge is -2.12. The van der Waals surface area contributed by atoms with E-state index < -0.39 is 0 Å². The number of aryl methyl sites for hydroxylation is 1. The first-order valence-electron chi connectivity index (χ1n) is 7.40. The number of aromatic nitrogens is 1. The van der Waals surface area contributed by atoms with Crippen LogP contribution in [0.2, 0.25) is 0 Å². The topological polar surface area (TPSA) is 7.12 Å². The Kier molecular flexibility index (Phi) is 3.43. The Hall–Kier alpha value is -1.78. The van der Waals surface area contributed by atoms with Gasteiger partial charge in [-0.1, -0.05) is 23.9 Å². The minimum absolute atomic E-state index is 0.969. The zero-order chi connectivity index (χ0) is 15.1. The molecular formula is C18H17N2S2+. The number of hydrogen-bond donors (Lipinski definition) is 0. The Labute approximate surface area is 138 Å². The predicted octanol–water partition coefficient (Wildman–Crippen LogP) is 4.75. The molecule has 0 radical (unpaired) electrons. The van der Waals surface area contributed by atoms with Gasteiger partial charge in [-0.25, -0.2) is 0 Å². The number of para-hydroxylation sites is 1. The summed E-state index contributed by atoms with van der Waals surface area (Å²) in [6.45, 7) is 3.17. The van der Waals surface area contributed by atoms with E-state index in [9.17, 15) is 0 Å². The van der Waals surface area contributed by atoms with Gasteiger partial charge >= 0.3 is 0 Å². The summed E-state index contributed by atoms with van der Waals surface area (Å²) in [4.78, 5) is 2.28. The molecule has 3 aromatic rings. The second kappa shape index (κ2) is 5.45. The molecule has 22 heavy (non-hydrogen) atoms. The fourth-order valence-corrected chi connectivity index (χ4v) is 5.08. The molecule has 1 aromatic carbocycles. The second-order valence-corrected chi connectivity index (χ2v) is 7.50. The highest BCUT2D eigenvalue weighted by Crippen LogP contribution is 2.48. The smallest absolute Gasteiger partial charge is 0.212 e. The van der Waals surface area contributed by atoms with Crippen molar-refractivity contribution in [2.75, 3.05) is 11.9 Å². The molecule has 0 bridgehead atoms. The number of nitrogens with zero attached hydrogens (tertiary/aromatic N) is 2. The third-order valence-corrected chi connectivity index (χ3v) is 6.29. The monoisotopic (exact) mass is 325 g/mol. The molecule has 0 N–H and O–H groups in total. The first-order valence-corrected chi connectivity index (χ1v) is 9.10. The largest absolute Gasteiger partial charge is 0.337 e. The van der Waals surface area contributed by atoms with Crippen LogP contribution in [0, 0.1) is 0 Å². The zero-order valence-corrected chi connectivity index (χ0v) is 14.2. The van der Waals surface area contributed by atoms with Crippen molar-refractivity contribution in [3.05, 3.63) is 58.6 Å². The van der Waals surface area contributed by atoms with E-state index in [4.69, 9.17) is 0 Å². The van der Waals surface area contributed by atoms with E-state index in [1.807, 2.05) is 23.1 Å². The zero-order valence-electron chi connectivity index (χ0n) is 12.6. The van der Waals surface area contributed by atoms with Crippen LogP contribution in [0.5, 0.6) is 0 Å². The lowest BCUT2D eigenvalue weighted by Crippen LogP contribution is -2.36. The highest BCUT2D eigenvalue weighted by Gasteiger charge is 2.24. The molecule has 0 unspecified atom stereocenters. The third-order valence-electron chi connectivity index (χ3n) is 4.06. The van der Waals surface area contributed by atoms with Crippen LogP contribution >= 0.6 is 23.1 Å². The molecule has 0 spiro atoms. The van der Waals surface area contributed by atoms with Gasteiger partial charge in [0, 0.05) is 30.6 Å². The molecule has 4 rings (SSSR count). The number of hydrogen-bond acceptors (Lipinski definition) is 3. The van der Waals surface area contributed by atoms with E-state index in [1.54, 1.807) is 0 Å². The summed E-state index contributed by atoms with van der Waals surface area (Å²) in [6, 6.07) is 15.2. The van der Waals surface area contributed by atoms with Gasteiger partial charge in [-0.05, 0) is 30.5 Å². The van der Waals surface area contributed by atoms with Crippen LogP contribution in [0.15, 0.2) is 57.1 Å². The molecule has 2 nitrogen and oxygen atoms in total. The summed E-state index contributed by atoms with van der Waals surface area (Å²) >= 11 is 3.68. The van der Waals surface area contributed by atoms with Gasteiger partial charge in [0.15, 0.2) is 0 Å². The van der Waals surface area contributed by atoms with Crippen LogP contribution in [0.4, 0.5) is 5.69 Å². The quantitative estimate of drug-likeness (QED) is 0.628. The Morgan fingerprint density at radius 2 is 2.00 bits per heavy atom. The molecule has 3 heterocycles. The number of thioether (sulfide) groups is 1. The Bertz CT molecular complexity index is 880. The summed E-state index contributed by atoms with van der Waals surface area (Å²) in [7, 11) is 2.15. The van der Waals surface area contributed by atoms with Crippen molar-refractivity contribution in [2.45, 2.75) is 17.7 Å². The van der Waals surface area contributed by atoms with Gasteiger partial charge < -0.3 is 4.90 Å². The van der Waals surface area contributed by atoms with Crippen LogP contribution < -0.4 is 9.47 Å². The molecule has 0 saturated heterocycles. The van der Waals surface area contributed by atoms with Crippen molar-refractivity contribution in [1.82, 2.24) is 0 Å². The normalized spacial score (nSPS) is 15.7. The summed E-state index contributed by atoms with van der Waals surface area (Å²) in [5.74, 6) is 0. The molecule has 2 aromatic heterocycles. The first-order chi connectivity index (χ1) is 10.8. The van der Waals surface area contributed by atoms with Crippen LogP contribution in [0.3, 0.4) is 0 Å². The maximum atomic E-state index is 2.38. The summed E-state index contributed by atoms with van der Waals surface area (Å²) in [5.41, 5.74) is 3.87. The highest BCUT2D eigenvalue weighted by atomic mass is 32.2. The van der Waals surface area contributed by atoms with Crippen LogP contribution in [-0.4, -0.2) is 7.05 Å². The maximum Gasteiger partial charge on any atom is 0.212 e. The molecular weight excluding hydrogens is 308 g/mol. The maximum absolute atomic E-state index is 2.38. The lowest BCUT2D eigenvalue weighted by atomic mass is 10.2. The van der Waals surface area contributed by atoms with Gasteiger partial charge in [0.2, 0.25) is 11.2 Å². The SMILES string of the molecule is CC[n+]1c(C=C2Sc3sccc3N2C)ccc2ccccc21. The molecule has 0 aliphatic carbocycles. The van der Waals surface area contributed by atoms with Crippen LogP contribution in [-0.2, 0) is 6.54 Å². The van der Waals surface area contributed by atoms with Gasteiger partial charge in [0.25, 0.3) is 0 Å². The average Bonchev–Trinajstić information content (AvgIpc) is 3.11. The molecule has 1 aliphatic rings. The average molecular weight is 325 g/mol. The Balaban J connectivity index is 1.82. The van der Waals surface area contributed by atoms with Crippen molar-refractivity contribution >= 4 is 45.8 Å². The minimum Gasteiger partial charge on any atom is -0.337 e. The number of fused-ring (bicyclic) bond motifs is 2. The summed E-state index contributed by atoms with van der Waals surface area (Å²) < 4.78 is 3.76. The number of rotatable bonds is 2. The Morgan fingerprint density at radius 3 is 2.82 bits per heavy atom. The summed E-state index contributed by atoms with van der Waals surface area (Å²) in [6.07, 6.45) is 2.30. The van der Waals surface area contributed by atoms with E-state index in [0.29, 0.717) is 0 Å². The third kappa shape index (κ3) is 2.14. The van der Waals surface area contributed by atoms with Crippen molar-refractivity contribution in [2.24, 2.45) is 0 Å². The fraction of sp³-hybridized carbons (Fsp3) is 0.167. The molecule has 0 atom stereocenters. The van der Waals surface area contributed by atoms with Crippen molar-refractivity contribution < 1.29 is 4.57 Å². The predicted molar refractivity (Wildman–Crippen MR) is 96.4 cm³/mol. The second-order valence-electron chi connectivity index (χ2n) is 5.30. The standard InChI is InChI=1S/C18H17N2S2/c1-3-20-14(9-8-13-6-4-5-7-15(13)20)12-17-19(2)16-10-11-21-18(16)22-17/h4-12H,3H2,1-2H3/q+1. The van der Waals surface area contributed by atoms with Gasteiger partial charge in [0.1, 0.15) is 6.54 Å². The van der Waals surface area contributed by atoms with Gasteiger partial charge in [-0.2, -0.15) is 4.57 Å². The van der Waals surface area contributed by atoms with Gasteiger partial charge in [0.05, 0.1) is 14.9 Å².